The minimum absolute atomic E-state index is 0.0698. The Hall–Kier alpha value is -1.56. The summed E-state index contributed by atoms with van der Waals surface area (Å²) >= 11 is 0. The van der Waals surface area contributed by atoms with E-state index in [0.29, 0.717) is 18.9 Å². The number of carbonyl (C=O) groups is 1. The average molecular weight is 272 g/mol. The molecule has 1 amide bonds. The fourth-order valence-electron chi connectivity index (χ4n) is 2.23. The van der Waals surface area contributed by atoms with Gasteiger partial charge in [0.15, 0.2) is 17.5 Å². The topological polar surface area (TPSA) is 41.1 Å². The molecule has 2 atom stereocenters. The van der Waals surface area contributed by atoms with Crippen LogP contribution in [0, 0.1) is 29.3 Å². The smallest absolute Gasteiger partial charge is 0.228 e. The number of amides is 1. The van der Waals surface area contributed by atoms with Crippen LogP contribution in [-0.2, 0) is 4.79 Å². The summed E-state index contributed by atoms with van der Waals surface area (Å²) in [5, 5.41) is 5.53. The van der Waals surface area contributed by atoms with Gasteiger partial charge in [-0.25, -0.2) is 13.2 Å². The summed E-state index contributed by atoms with van der Waals surface area (Å²) in [6.45, 7) is 3.40. The molecule has 2 rings (SSSR count). The van der Waals surface area contributed by atoms with Crippen LogP contribution in [-0.4, -0.2) is 19.0 Å². The maximum absolute atomic E-state index is 13.0. The van der Waals surface area contributed by atoms with E-state index in [4.69, 9.17) is 0 Å². The second kappa shape index (κ2) is 5.61. The Morgan fingerprint density at radius 1 is 1.26 bits per heavy atom. The summed E-state index contributed by atoms with van der Waals surface area (Å²) in [5.74, 6) is -4.36. The Morgan fingerprint density at radius 2 is 1.89 bits per heavy atom. The maximum atomic E-state index is 13.0. The molecule has 2 unspecified atom stereocenters. The molecule has 1 heterocycles. The van der Waals surface area contributed by atoms with Crippen LogP contribution in [0.1, 0.15) is 13.3 Å². The molecule has 0 saturated carbocycles. The van der Waals surface area contributed by atoms with Crippen LogP contribution in [0.4, 0.5) is 18.9 Å². The van der Waals surface area contributed by atoms with Crippen LogP contribution in [0.3, 0.4) is 0 Å². The van der Waals surface area contributed by atoms with E-state index in [1.54, 1.807) is 0 Å². The number of nitrogens with one attached hydrogen (secondary N) is 2. The van der Waals surface area contributed by atoms with Gasteiger partial charge in [-0.1, -0.05) is 6.92 Å². The highest BCUT2D eigenvalue weighted by Gasteiger charge is 2.25. The molecule has 104 valence electrons. The molecule has 0 aromatic heterocycles. The van der Waals surface area contributed by atoms with Gasteiger partial charge in [0.05, 0.1) is 5.92 Å². The van der Waals surface area contributed by atoms with Crippen molar-refractivity contribution in [3.05, 3.63) is 29.6 Å². The van der Waals surface area contributed by atoms with Crippen LogP contribution in [0.15, 0.2) is 12.1 Å². The van der Waals surface area contributed by atoms with Crippen molar-refractivity contribution < 1.29 is 18.0 Å². The van der Waals surface area contributed by atoms with Crippen LogP contribution < -0.4 is 10.6 Å². The van der Waals surface area contributed by atoms with Crippen LogP contribution >= 0.6 is 0 Å². The Kier molecular flexibility index (Phi) is 4.09. The molecule has 2 N–H and O–H groups in total. The van der Waals surface area contributed by atoms with E-state index >= 15 is 0 Å². The molecule has 1 aromatic carbocycles. The third-order valence-corrected chi connectivity index (χ3v) is 3.19. The number of benzene rings is 1. The zero-order valence-electron chi connectivity index (χ0n) is 10.5. The van der Waals surface area contributed by atoms with E-state index in [2.05, 4.69) is 10.6 Å². The zero-order chi connectivity index (χ0) is 14.0. The van der Waals surface area contributed by atoms with Gasteiger partial charge in [-0.3, -0.25) is 4.79 Å². The first-order valence-electron chi connectivity index (χ1n) is 6.13. The third kappa shape index (κ3) is 3.26. The number of anilines is 1. The number of hydrogen-bond acceptors (Lipinski definition) is 2. The van der Waals surface area contributed by atoms with Crippen molar-refractivity contribution in [2.75, 3.05) is 18.4 Å². The van der Waals surface area contributed by atoms with Crippen molar-refractivity contribution in [1.29, 1.82) is 0 Å². The lowest BCUT2D eigenvalue weighted by molar-refractivity contribution is -0.120. The zero-order valence-corrected chi connectivity index (χ0v) is 10.5. The van der Waals surface area contributed by atoms with Crippen LogP contribution in [0.2, 0.25) is 0 Å². The minimum atomic E-state index is -1.54. The molecule has 1 fully saturated rings. The molecule has 0 radical (unpaired) electrons. The molecule has 0 aliphatic carbocycles. The molecule has 0 spiro atoms. The largest absolute Gasteiger partial charge is 0.326 e. The van der Waals surface area contributed by atoms with Crippen molar-refractivity contribution >= 4 is 11.6 Å². The number of rotatable bonds is 2. The lowest BCUT2D eigenvalue weighted by Crippen LogP contribution is -2.40. The number of carbonyl (C=O) groups excluding carboxylic acids is 1. The average Bonchev–Trinajstić information content (AvgIpc) is 2.36. The van der Waals surface area contributed by atoms with Crippen molar-refractivity contribution in [1.82, 2.24) is 5.32 Å². The summed E-state index contributed by atoms with van der Waals surface area (Å²) in [7, 11) is 0. The molecule has 6 heteroatoms. The summed E-state index contributed by atoms with van der Waals surface area (Å²) in [4.78, 5) is 11.9. The van der Waals surface area contributed by atoms with E-state index < -0.39 is 17.5 Å². The van der Waals surface area contributed by atoms with Crippen molar-refractivity contribution in [3.63, 3.8) is 0 Å². The van der Waals surface area contributed by atoms with Gasteiger partial charge >= 0.3 is 0 Å². The summed E-state index contributed by atoms with van der Waals surface area (Å²) in [6.07, 6.45) is 0.713. The first-order chi connectivity index (χ1) is 8.97. The van der Waals surface area contributed by atoms with Gasteiger partial charge in [0.1, 0.15) is 0 Å². The van der Waals surface area contributed by atoms with Crippen molar-refractivity contribution in [2.45, 2.75) is 13.3 Å². The van der Waals surface area contributed by atoms with Gasteiger partial charge in [0.25, 0.3) is 0 Å². The predicted molar refractivity (Wildman–Crippen MR) is 65.1 cm³/mol. The quantitative estimate of drug-likeness (QED) is 0.811. The van der Waals surface area contributed by atoms with Crippen LogP contribution in [0.25, 0.3) is 0 Å². The standard InChI is InChI=1S/C13H15F3N2O/c1-7-2-8(6-17-5-7)13(19)18-9-3-10(14)12(16)11(15)4-9/h3-4,7-8,17H,2,5-6H2,1H3,(H,18,19). The fraction of sp³-hybridized carbons (Fsp3) is 0.462. The van der Waals surface area contributed by atoms with Gasteiger partial charge < -0.3 is 10.6 Å². The first kappa shape index (κ1) is 13.9. The van der Waals surface area contributed by atoms with Gasteiger partial charge in [0.2, 0.25) is 5.91 Å². The van der Waals surface area contributed by atoms with Crippen molar-refractivity contribution in [2.24, 2.45) is 11.8 Å². The Bertz CT molecular complexity index is 470. The Balaban J connectivity index is 2.06. The first-order valence-corrected chi connectivity index (χ1v) is 6.13. The molecular formula is C13H15F3N2O. The molecule has 3 nitrogen and oxygen atoms in total. The number of halogens is 3. The molecule has 1 saturated heterocycles. The summed E-state index contributed by atoms with van der Waals surface area (Å²) < 4.78 is 38.8. The number of hydrogen-bond donors (Lipinski definition) is 2. The SMILES string of the molecule is CC1CNCC(C(=O)Nc2cc(F)c(F)c(F)c2)C1. The van der Waals surface area contributed by atoms with E-state index in [1.807, 2.05) is 6.92 Å². The molecule has 1 aromatic rings. The van der Waals surface area contributed by atoms with Gasteiger partial charge in [0, 0.05) is 24.4 Å². The molecular weight excluding hydrogens is 257 g/mol. The molecule has 1 aliphatic heterocycles. The van der Waals surface area contributed by atoms with E-state index in [0.717, 1.165) is 18.7 Å². The highest BCUT2D eigenvalue weighted by Crippen LogP contribution is 2.20. The predicted octanol–water partition coefficient (Wildman–Crippen LogP) is 2.29. The Morgan fingerprint density at radius 3 is 2.47 bits per heavy atom. The minimum Gasteiger partial charge on any atom is -0.326 e. The second-order valence-electron chi connectivity index (χ2n) is 4.94. The number of piperidine rings is 1. The highest BCUT2D eigenvalue weighted by atomic mass is 19.2. The van der Waals surface area contributed by atoms with Gasteiger partial charge in [-0.2, -0.15) is 0 Å². The van der Waals surface area contributed by atoms with Crippen LogP contribution in [0.5, 0.6) is 0 Å². The lowest BCUT2D eigenvalue weighted by Gasteiger charge is -2.26. The molecule has 0 bridgehead atoms. The lowest BCUT2D eigenvalue weighted by atomic mass is 9.91. The monoisotopic (exact) mass is 272 g/mol. The Labute approximate surface area is 109 Å². The molecule has 1 aliphatic rings. The van der Waals surface area contributed by atoms with Gasteiger partial charge in [-0.05, 0) is 18.9 Å². The molecule has 19 heavy (non-hydrogen) atoms. The third-order valence-electron chi connectivity index (χ3n) is 3.19. The fourth-order valence-corrected chi connectivity index (χ4v) is 2.23. The highest BCUT2D eigenvalue weighted by molar-refractivity contribution is 5.92. The second-order valence-corrected chi connectivity index (χ2v) is 4.94. The van der Waals surface area contributed by atoms with E-state index in [-0.39, 0.29) is 17.5 Å². The van der Waals surface area contributed by atoms with E-state index in [9.17, 15) is 18.0 Å². The van der Waals surface area contributed by atoms with Crippen molar-refractivity contribution in [3.8, 4) is 0 Å². The normalized spacial score (nSPS) is 23.2. The summed E-state index contributed by atoms with van der Waals surface area (Å²) in [5.41, 5.74) is -0.0698. The maximum Gasteiger partial charge on any atom is 0.228 e. The van der Waals surface area contributed by atoms with Gasteiger partial charge in [-0.15, -0.1) is 0 Å². The summed E-state index contributed by atoms with van der Waals surface area (Å²) in [6, 6.07) is 1.55. The van der Waals surface area contributed by atoms with E-state index in [1.165, 1.54) is 0 Å².